The lowest BCUT2D eigenvalue weighted by Crippen LogP contribution is -2.11. The average molecular weight is 387 g/mol. The normalized spacial score (nSPS) is 11.3. The van der Waals surface area contributed by atoms with Crippen LogP contribution in [0.3, 0.4) is 0 Å². The molecule has 0 aliphatic heterocycles. The van der Waals surface area contributed by atoms with Gasteiger partial charge in [0.1, 0.15) is 6.07 Å². The highest BCUT2D eigenvalue weighted by molar-refractivity contribution is 6.32. The van der Waals surface area contributed by atoms with Crippen LogP contribution in [0.4, 0.5) is 5.69 Å². The molecule has 0 radical (unpaired) electrons. The first-order valence-corrected chi connectivity index (χ1v) is 7.90. The molecule has 3 aromatic rings. The number of hydrogen-bond donors (Lipinski definition) is 1. The van der Waals surface area contributed by atoms with E-state index in [4.69, 9.17) is 23.2 Å². The number of non-ortho nitro benzene ring substituents is 1. The Labute approximate surface area is 156 Å². The summed E-state index contributed by atoms with van der Waals surface area (Å²) in [5.41, 5.74) is -0.0437. The fraction of sp³-hybridized carbons (Fsp3) is 0. The number of rotatable bonds is 3. The van der Waals surface area contributed by atoms with Crippen LogP contribution in [0.15, 0.2) is 41.2 Å². The lowest BCUT2D eigenvalue weighted by atomic mass is 10.1. The zero-order valence-electron chi connectivity index (χ0n) is 12.9. The molecule has 1 N–H and O–H groups in total. The number of aromatic nitrogens is 2. The Bertz CT molecular complexity index is 1180. The third kappa shape index (κ3) is 3.42. The number of hydrogen-bond acceptors (Lipinski definition) is 5. The van der Waals surface area contributed by atoms with Crippen molar-refractivity contribution in [1.29, 1.82) is 5.26 Å². The smallest absolute Gasteiger partial charge is 0.270 e. The summed E-state index contributed by atoms with van der Waals surface area (Å²) < 4.78 is 0. The monoisotopic (exact) mass is 386 g/mol. The van der Waals surface area contributed by atoms with Crippen molar-refractivity contribution in [2.24, 2.45) is 0 Å². The fourth-order valence-corrected chi connectivity index (χ4v) is 2.64. The van der Waals surface area contributed by atoms with E-state index in [1.807, 2.05) is 6.07 Å². The first-order chi connectivity index (χ1) is 12.4. The molecule has 128 valence electrons. The number of H-pyrrole nitrogens is 1. The number of benzene rings is 2. The summed E-state index contributed by atoms with van der Waals surface area (Å²) in [4.78, 5) is 29.3. The van der Waals surface area contributed by atoms with E-state index >= 15 is 0 Å². The van der Waals surface area contributed by atoms with E-state index in [2.05, 4.69) is 9.97 Å². The van der Waals surface area contributed by atoms with Crippen LogP contribution in [0.5, 0.6) is 0 Å². The largest absolute Gasteiger partial charge is 0.305 e. The second kappa shape index (κ2) is 6.96. The van der Waals surface area contributed by atoms with Gasteiger partial charge in [0.2, 0.25) is 0 Å². The van der Waals surface area contributed by atoms with Crippen LogP contribution in [0.1, 0.15) is 11.4 Å². The van der Waals surface area contributed by atoms with E-state index in [-0.39, 0.29) is 27.7 Å². The Morgan fingerprint density at radius 1 is 1.27 bits per heavy atom. The standard InChI is InChI=1S/C17H8Cl2N4O3/c18-11-1-3-13-15(7-11)21-16(22-17(13)24)10(8-20)5-9-6-12(23(25)26)2-4-14(9)19/h1-7H,(H,21,22,24). The second-order valence-corrected chi connectivity index (χ2v) is 6.05. The zero-order chi connectivity index (χ0) is 18.8. The lowest BCUT2D eigenvalue weighted by Gasteiger charge is -2.04. The summed E-state index contributed by atoms with van der Waals surface area (Å²) >= 11 is 12.0. The van der Waals surface area contributed by atoms with Crippen molar-refractivity contribution in [2.45, 2.75) is 0 Å². The highest BCUT2D eigenvalue weighted by Gasteiger charge is 2.12. The third-order valence-electron chi connectivity index (χ3n) is 3.53. The predicted molar refractivity (Wildman–Crippen MR) is 99.0 cm³/mol. The van der Waals surface area contributed by atoms with E-state index < -0.39 is 10.5 Å². The molecule has 0 saturated carbocycles. The van der Waals surface area contributed by atoms with Gasteiger partial charge in [-0.05, 0) is 30.3 Å². The van der Waals surface area contributed by atoms with Gasteiger partial charge < -0.3 is 4.98 Å². The summed E-state index contributed by atoms with van der Waals surface area (Å²) in [5, 5.41) is 21.3. The number of aromatic amines is 1. The van der Waals surface area contributed by atoms with E-state index in [0.29, 0.717) is 15.9 Å². The molecular weight excluding hydrogens is 379 g/mol. The van der Waals surface area contributed by atoms with Crippen LogP contribution in [0.25, 0.3) is 22.6 Å². The van der Waals surface area contributed by atoms with Gasteiger partial charge in [-0.2, -0.15) is 5.26 Å². The Morgan fingerprint density at radius 3 is 2.73 bits per heavy atom. The van der Waals surface area contributed by atoms with Crippen molar-refractivity contribution >= 4 is 51.4 Å². The summed E-state index contributed by atoms with van der Waals surface area (Å²) in [6, 6.07) is 10.4. The van der Waals surface area contributed by atoms with E-state index in [0.717, 1.165) is 0 Å². The Balaban J connectivity index is 2.18. The van der Waals surface area contributed by atoms with Gasteiger partial charge >= 0.3 is 0 Å². The number of nitro groups is 1. The number of halogens is 2. The van der Waals surface area contributed by atoms with Crippen molar-refractivity contribution in [1.82, 2.24) is 9.97 Å². The van der Waals surface area contributed by atoms with Gasteiger partial charge in [-0.15, -0.1) is 0 Å². The van der Waals surface area contributed by atoms with Crippen LogP contribution in [0.2, 0.25) is 10.0 Å². The number of nitrogens with zero attached hydrogens (tertiary/aromatic N) is 3. The maximum Gasteiger partial charge on any atom is 0.270 e. The van der Waals surface area contributed by atoms with Crippen LogP contribution in [0, 0.1) is 21.4 Å². The highest BCUT2D eigenvalue weighted by Crippen LogP contribution is 2.26. The van der Waals surface area contributed by atoms with Crippen molar-refractivity contribution in [3.05, 3.63) is 78.3 Å². The minimum atomic E-state index is -0.572. The summed E-state index contributed by atoms with van der Waals surface area (Å²) in [7, 11) is 0. The van der Waals surface area contributed by atoms with Crippen molar-refractivity contribution in [3.63, 3.8) is 0 Å². The fourth-order valence-electron chi connectivity index (χ4n) is 2.30. The lowest BCUT2D eigenvalue weighted by molar-refractivity contribution is -0.384. The molecule has 0 aliphatic rings. The molecule has 0 spiro atoms. The third-order valence-corrected chi connectivity index (χ3v) is 4.11. The molecule has 0 amide bonds. The van der Waals surface area contributed by atoms with Crippen molar-refractivity contribution in [3.8, 4) is 6.07 Å². The van der Waals surface area contributed by atoms with Crippen LogP contribution >= 0.6 is 23.2 Å². The topological polar surface area (TPSA) is 113 Å². The van der Waals surface area contributed by atoms with Gasteiger partial charge in [0.05, 0.1) is 21.4 Å². The Kier molecular flexibility index (Phi) is 4.71. The molecule has 0 fully saturated rings. The van der Waals surface area contributed by atoms with E-state index in [9.17, 15) is 20.2 Å². The molecule has 0 atom stereocenters. The second-order valence-electron chi connectivity index (χ2n) is 5.21. The minimum Gasteiger partial charge on any atom is -0.305 e. The minimum absolute atomic E-state index is 0.00799. The quantitative estimate of drug-likeness (QED) is 0.411. The van der Waals surface area contributed by atoms with Gasteiger partial charge in [0.15, 0.2) is 5.82 Å². The molecular formula is C17H8Cl2N4O3. The highest BCUT2D eigenvalue weighted by atomic mass is 35.5. The van der Waals surface area contributed by atoms with Gasteiger partial charge in [0.25, 0.3) is 11.2 Å². The number of nitro benzene ring substituents is 1. The maximum absolute atomic E-state index is 12.2. The van der Waals surface area contributed by atoms with E-state index in [1.165, 1.54) is 36.4 Å². The van der Waals surface area contributed by atoms with Crippen molar-refractivity contribution in [2.75, 3.05) is 0 Å². The van der Waals surface area contributed by atoms with E-state index in [1.54, 1.807) is 6.07 Å². The first kappa shape index (κ1) is 17.6. The van der Waals surface area contributed by atoms with Gasteiger partial charge in [-0.3, -0.25) is 14.9 Å². The number of nitriles is 1. The summed E-state index contributed by atoms with van der Waals surface area (Å²) in [5.74, 6) is 0.00911. The summed E-state index contributed by atoms with van der Waals surface area (Å²) in [6.07, 6.45) is 1.32. The maximum atomic E-state index is 12.2. The molecule has 9 heteroatoms. The van der Waals surface area contributed by atoms with Gasteiger partial charge in [-0.25, -0.2) is 4.98 Å². The molecule has 1 aromatic heterocycles. The average Bonchev–Trinajstić information content (AvgIpc) is 2.60. The molecule has 26 heavy (non-hydrogen) atoms. The summed E-state index contributed by atoms with van der Waals surface area (Å²) in [6.45, 7) is 0. The van der Waals surface area contributed by atoms with Gasteiger partial charge in [0, 0.05) is 27.7 Å². The molecule has 0 aliphatic carbocycles. The molecule has 2 aromatic carbocycles. The Morgan fingerprint density at radius 2 is 2.04 bits per heavy atom. The SMILES string of the molecule is N#CC(=Cc1cc([N+](=O)[O-])ccc1Cl)c1nc2cc(Cl)ccc2c(=O)[nH]1. The van der Waals surface area contributed by atoms with Crippen LogP contribution in [-0.4, -0.2) is 14.9 Å². The van der Waals surface area contributed by atoms with Gasteiger partial charge in [-0.1, -0.05) is 23.2 Å². The molecule has 0 saturated heterocycles. The number of allylic oxidation sites excluding steroid dienone is 1. The van der Waals surface area contributed by atoms with Crippen LogP contribution < -0.4 is 5.56 Å². The molecule has 3 rings (SSSR count). The zero-order valence-corrected chi connectivity index (χ0v) is 14.4. The molecule has 1 heterocycles. The van der Waals surface area contributed by atoms with Crippen LogP contribution in [-0.2, 0) is 0 Å². The predicted octanol–water partition coefficient (Wildman–Crippen LogP) is 4.20. The molecule has 0 unspecified atom stereocenters. The van der Waals surface area contributed by atoms with Crippen molar-refractivity contribution < 1.29 is 4.92 Å². The number of nitrogens with one attached hydrogen (secondary N) is 1. The first-order valence-electron chi connectivity index (χ1n) is 7.15. The molecule has 0 bridgehead atoms. The Hall–Kier alpha value is -3.21. The molecule has 7 nitrogen and oxygen atoms in total. The number of fused-ring (bicyclic) bond motifs is 1.